The van der Waals surface area contributed by atoms with Gasteiger partial charge in [-0.3, -0.25) is 4.90 Å². The van der Waals surface area contributed by atoms with Gasteiger partial charge in [0.1, 0.15) is 5.75 Å². The van der Waals surface area contributed by atoms with E-state index in [1.54, 1.807) is 0 Å². The summed E-state index contributed by atoms with van der Waals surface area (Å²) in [6.07, 6.45) is 0.715. The summed E-state index contributed by atoms with van der Waals surface area (Å²) >= 11 is 0. The molecule has 1 aromatic carbocycles. The highest BCUT2D eigenvalue weighted by Crippen LogP contribution is 2.25. The van der Waals surface area contributed by atoms with Gasteiger partial charge in [0.05, 0.1) is 17.2 Å². The third-order valence-electron chi connectivity index (χ3n) is 3.60. The molecule has 0 spiro atoms. The second kappa shape index (κ2) is 6.61. The van der Waals surface area contributed by atoms with Crippen molar-refractivity contribution in [2.75, 3.05) is 45.1 Å². The van der Waals surface area contributed by atoms with E-state index in [9.17, 15) is 13.5 Å². The molecule has 1 fully saturated rings. The fraction of sp³-hybridized carbons (Fsp3) is 0.538. The molecule has 0 unspecified atom stereocenters. The molecule has 0 radical (unpaired) electrons. The van der Waals surface area contributed by atoms with Gasteiger partial charge in [0, 0.05) is 26.2 Å². The Morgan fingerprint density at radius 3 is 2.62 bits per heavy atom. The zero-order valence-electron chi connectivity index (χ0n) is 11.8. The lowest BCUT2D eigenvalue weighted by atomic mass is 10.3. The maximum atomic E-state index is 12.6. The number of hydrogen-bond donors (Lipinski definition) is 3. The van der Waals surface area contributed by atoms with Crippen LogP contribution in [0.25, 0.3) is 0 Å². The Labute approximate surface area is 124 Å². The normalized spacial score (nSPS) is 18.5. The van der Waals surface area contributed by atoms with Gasteiger partial charge in [0.2, 0.25) is 10.0 Å². The Bertz CT molecular complexity index is 591. The topological polar surface area (TPSA) is 107 Å². The van der Waals surface area contributed by atoms with Crippen LogP contribution >= 0.6 is 0 Å². The van der Waals surface area contributed by atoms with Crippen LogP contribution in [-0.4, -0.2) is 67.2 Å². The average molecular weight is 315 g/mol. The molecule has 0 bridgehead atoms. The van der Waals surface area contributed by atoms with Crippen LogP contribution in [0.2, 0.25) is 0 Å². The number of nitrogens with zero attached hydrogens (tertiary/aromatic N) is 2. The first-order valence-corrected chi connectivity index (χ1v) is 8.31. The van der Waals surface area contributed by atoms with Gasteiger partial charge < -0.3 is 15.9 Å². The van der Waals surface area contributed by atoms with E-state index in [4.69, 9.17) is 10.8 Å². The van der Waals surface area contributed by atoms with E-state index in [0.717, 1.165) is 6.54 Å². The molecule has 8 heteroatoms. The molecule has 1 heterocycles. The van der Waals surface area contributed by atoms with Crippen LogP contribution in [0.4, 0.5) is 5.69 Å². The minimum atomic E-state index is -3.61. The summed E-state index contributed by atoms with van der Waals surface area (Å²) in [4.78, 5) is 2.13. The number of rotatable bonds is 4. The molecule has 2 rings (SSSR count). The van der Waals surface area contributed by atoms with Crippen LogP contribution in [-0.2, 0) is 10.0 Å². The highest BCUT2D eigenvalue weighted by atomic mass is 32.2. The summed E-state index contributed by atoms with van der Waals surface area (Å²) in [6, 6.07) is 3.93. The lowest BCUT2D eigenvalue weighted by Crippen LogP contribution is -2.35. The van der Waals surface area contributed by atoms with Gasteiger partial charge in [-0.05, 0) is 31.2 Å². The van der Waals surface area contributed by atoms with Crippen molar-refractivity contribution in [2.45, 2.75) is 11.3 Å². The Balaban J connectivity index is 2.17. The predicted octanol–water partition coefficient (Wildman–Crippen LogP) is -0.337. The summed E-state index contributed by atoms with van der Waals surface area (Å²) in [5.41, 5.74) is 5.62. The quantitative estimate of drug-likeness (QED) is 0.518. The number of phenolic OH excluding ortho intramolecular Hbond substituents is 1. The number of aliphatic hydroxyl groups excluding tert-OH is 1. The number of aromatic hydroxyl groups is 1. The molecule has 0 saturated carbocycles. The average Bonchev–Trinajstić information content (AvgIpc) is 2.68. The van der Waals surface area contributed by atoms with Crippen molar-refractivity contribution < 1.29 is 18.6 Å². The number of hydrogen-bond acceptors (Lipinski definition) is 6. The van der Waals surface area contributed by atoms with Crippen LogP contribution in [0.15, 0.2) is 23.1 Å². The van der Waals surface area contributed by atoms with Crippen molar-refractivity contribution in [1.29, 1.82) is 0 Å². The van der Waals surface area contributed by atoms with E-state index in [1.165, 1.54) is 22.5 Å². The van der Waals surface area contributed by atoms with Gasteiger partial charge >= 0.3 is 0 Å². The summed E-state index contributed by atoms with van der Waals surface area (Å²) in [6.45, 7) is 2.80. The van der Waals surface area contributed by atoms with Gasteiger partial charge in [-0.15, -0.1) is 0 Å². The molecule has 0 aliphatic carbocycles. The van der Waals surface area contributed by atoms with Crippen molar-refractivity contribution in [1.82, 2.24) is 9.21 Å². The van der Waals surface area contributed by atoms with Crippen molar-refractivity contribution in [2.24, 2.45) is 0 Å². The van der Waals surface area contributed by atoms with Crippen LogP contribution in [0.5, 0.6) is 5.75 Å². The van der Waals surface area contributed by atoms with Crippen molar-refractivity contribution >= 4 is 15.7 Å². The van der Waals surface area contributed by atoms with Gasteiger partial charge in [0.25, 0.3) is 0 Å². The maximum absolute atomic E-state index is 12.6. The highest BCUT2D eigenvalue weighted by molar-refractivity contribution is 7.89. The van der Waals surface area contributed by atoms with Crippen LogP contribution in [0.3, 0.4) is 0 Å². The lowest BCUT2D eigenvalue weighted by Gasteiger charge is -2.21. The number of aliphatic hydroxyl groups is 1. The molecule has 0 atom stereocenters. The number of nitrogen functional groups attached to an aromatic ring is 1. The molecule has 21 heavy (non-hydrogen) atoms. The Morgan fingerprint density at radius 2 is 1.95 bits per heavy atom. The van der Waals surface area contributed by atoms with Gasteiger partial charge in [-0.2, -0.15) is 4.31 Å². The number of anilines is 1. The van der Waals surface area contributed by atoms with E-state index in [0.29, 0.717) is 32.6 Å². The van der Waals surface area contributed by atoms with Gasteiger partial charge in [0.15, 0.2) is 0 Å². The molecule has 118 valence electrons. The fourth-order valence-electron chi connectivity index (χ4n) is 2.39. The third kappa shape index (κ3) is 3.65. The van der Waals surface area contributed by atoms with Crippen molar-refractivity contribution in [3.05, 3.63) is 18.2 Å². The second-order valence-electron chi connectivity index (χ2n) is 5.04. The molecular formula is C13H21N3O4S. The molecule has 7 nitrogen and oxygen atoms in total. The van der Waals surface area contributed by atoms with Crippen LogP contribution in [0, 0.1) is 0 Å². The molecule has 1 aliphatic heterocycles. The molecule has 1 saturated heterocycles. The Kier molecular flexibility index (Phi) is 5.04. The van der Waals surface area contributed by atoms with E-state index in [2.05, 4.69) is 0 Å². The molecule has 1 aliphatic rings. The Hall–Kier alpha value is -1.35. The largest absolute Gasteiger partial charge is 0.506 e. The summed E-state index contributed by atoms with van der Waals surface area (Å²) < 4.78 is 26.6. The van der Waals surface area contributed by atoms with E-state index >= 15 is 0 Å². The number of sulfonamides is 1. The Morgan fingerprint density at radius 1 is 1.19 bits per heavy atom. The monoisotopic (exact) mass is 315 g/mol. The van der Waals surface area contributed by atoms with Crippen molar-refractivity contribution in [3.63, 3.8) is 0 Å². The zero-order valence-corrected chi connectivity index (χ0v) is 12.6. The van der Waals surface area contributed by atoms with Crippen LogP contribution in [0.1, 0.15) is 6.42 Å². The maximum Gasteiger partial charge on any atom is 0.243 e. The first-order valence-electron chi connectivity index (χ1n) is 6.87. The molecule has 4 N–H and O–H groups in total. The number of phenols is 1. The lowest BCUT2D eigenvalue weighted by molar-refractivity contribution is 0.202. The summed E-state index contributed by atoms with van der Waals surface area (Å²) in [7, 11) is -3.61. The summed E-state index contributed by atoms with van der Waals surface area (Å²) in [5, 5.41) is 18.4. The third-order valence-corrected chi connectivity index (χ3v) is 5.50. The molecular weight excluding hydrogens is 294 g/mol. The SMILES string of the molecule is Nc1cc(S(=O)(=O)N2CCCN(CCO)CC2)ccc1O. The first-order chi connectivity index (χ1) is 9.95. The number of benzene rings is 1. The fourth-order valence-corrected chi connectivity index (χ4v) is 3.90. The standard InChI is InChI=1S/C13H21N3O4S/c14-12-10-11(2-3-13(12)18)21(19,20)16-5-1-4-15(6-7-16)8-9-17/h2-3,10,17-18H,1,4-9,14H2. The minimum Gasteiger partial charge on any atom is -0.506 e. The molecule has 0 amide bonds. The minimum absolute atomic E-state index is 0.0489. The van der Waals surface area contributed by atoms with E-state index < -0.39 is 10.0 Å². The number of β-amino-alcohol motifs (C(OH)–C–C–N with tert-alkyl or cyclic N) is 1. The molecule has 0 aromatic heterocycles. The van der Waals surface area contributed by atoms with Gasteiger partial charge in [-0.1, -0.05) is 0 Å². The van der Waals surface area contributed by atoms with E-state index in [-0.39, 0.29) is 22.9 Å². The first kappa shape index (κ1) is 16.0. The summed E-state index contributed by atoms with van der Waals surface area (Å²) in [5.74, 6) is -0.126. The predicted molar refractivity (Wildman–Crippen MR) is 79.4 cm³/mol. The van der Waals surface area contributed by atoms with Crippen molar-refractivity contribution in [3.8, 4) is 5.75 Å². The molecule has 1 aromatic rings. The van der Waals surface area contributed by atoms with E-state index in [1.807, 2.05) is 4.90 Å². The van der Waals surface area contributed by atoms with Gasteiger partial charge in [-0.25, -0.2) is 8.42 Å². The zero-order chi connectivity index (χ0) is 15.5. The second-order valence-corrected chi connectivity index (χ2v) is 6.98. The smallest absolute Gasteiger partial charge is 0.243 e. The highest BCUT2D eigenvalue weighted by Gasteiger charge is 2.27. The number of nitrogens with two attached hydrogens (primary N) is 1. The van der Waals surface area contributed by atoms with Crippen LogP contribution < -0.4 is 5.73 Å².